The van der Waals surface area contributed by atoms with Crippen LogP contribution in [-0.2, 0) is 0 Å². The van der Waals surface area contributed by atoms with Crippen LogP contribution in [0.1, 0.15) is 30.9 Å². The summed E-state index contributed by atoms with van der Waals surface area (Å²) in [5.41, 5.74) is 2.43. The Hall–Kier alpha value is -1.04. The highest BCUT2D eigenvalue weighted by molar-refractivity contribution is 5.28. The van der Waals surface area contributed by atoms with Gasteiger partial charge >= 0.3 is 0 Å². The molecule has 1 radical (unpaired) electrons. The van der Waals surface area contributed by atoms with Crippen molar-refractivity contribution in [2.75, 3.05) is 0 Å². The van der Waals surface area contributed by atoms with E-state index in [1.807, 2.05) is 12.1 Å². The van der Waals surface area contributed by atoms with Gasteiger partial charge in [0.25, 0.3) is 0 Å². The molecule has 0 unspecified atom stereocenters. The fourth-order valence-electron chi connectivity index (χ4n) is 1.01. The van der Waals surface area contributed by atoms with Crippen LogP contribution in [0.5, 0.6) is 0 Å². The first-order chi connectivity index (χ1) is 5.24. The summed E-state index contributed by atoms with van der Waals surface area (Å²) >= 11 is 0. The van der Waals surface area contributed by atoms with E-state index >= 15 is 0 Å². The van der Waals surface area contributed by atoms with Gasteiger partial charge in [-0.05, 0) is 23.1 Å². The maximum Gasteiger partial charge on any atom is -0.0181 e. The molecule has 0 aromatic heterocycles. The van der Waals surface area contributed by atoms with Crippen LogP contribution in [-0.4, -0.2) is 0 Å². The molecule has 0 aliphatic heterocycles. The van der Waals surface area contributed by atoms with Gasteiger partial charge < -0.3 is 0 Å². The molecule has 0 saturated carbocycles. The highest BCUT2D eigenvalue weighted by Gasteiger charge is 1.97. The highest BCUT2D eigenvalue weighted by Crippen LogP contribution is 2.14. The fourth-order valence-corrected chi connectivity index (χ4v) is 1.01. The zero-order valence-electron chi connectivity index (χ0n) is 7.09. The summed E-state index contributed by atoms with van der Waals surface area (Å²) in [6.07, 6.45) is 2.87. The van der Waals surface area contributed by atoms with Crippen LogP contribution >= 0.6 is 0 Å². The zero-order valence-corrected chi connectivity index (χ0v) is 7.09. The molecule has 57 valence electrons. The molecule has 1 aromatic carbocycles. The summed E-state index contributed by atoms with van der Waals surface area (Å²) in [5, 5.41) is 0. The quantitative estimate of drug-likeness (QED) is 0.599. The van der Waals surface area contributed by atoms with Crippen molar-refractivity contribution in [1.82, 2.24) is 0 Å². The summed E-state index contributed by atoms with van der Waals surface area (Å²) in [6, 6.07) is 8.31. The molecule has 0 N–H and O–H groups in total. The molecule has 0 heteroatoms. The molecule has 0 aliphatic rings. The normalized spacial score (nSPS) is 10.1. The molecular formula is C11H13. The van der Waals surface area contributed by atoms with E-state index in [0.29, 0.717) is 5.92 Å². The van der Waals surface area contributed by atoms with Crippen molar-refractivity contribution in [3.8, 4) is 0 Å². The monoisotopic (exact) mass is 145 g/mol. The molecule has 1 aromatic rings. The van der Waals surface area contributed by atoms with Gasteiger partial charge in [0, 0.05) is 0 Å². The Kier molecular flexibility index (Phi) is 2.48. The van der Waals surface area contributed by atoms with E-state index in [-0.39, 0.29) is 0 Å². The summed E-state index contributed by atoms with van der Waals surface area (Å²) in [4.78, 5) is 0. The second-order valence-corrected chi connectivity index (χ2v) is 2.96. The van der Waals surface area contributed by atoms with Crippen LogP contribution in [0, 0.1) is 6.08 Å². The molecule has 0 saturated heterocycles. The third-order valence-electron chi connectivity index (χ3n) is 1.76. The topological polar surface area (TPSA) is 0 Å². The predicted octanol–water partition coefficient (Wildman–Crippen LogP) is 3.15. The molecule has 0 atom stereocenters. The van der Waals surface area contributed by atoms with Crippen molar-refractivity contribution in [1.29, 1.82) is 0 Å². The molecule has 1 rings (SSSR count). The number of benzene rings is 1. The molecule has 0 fully saturated rings. The molecule has 0 bridgehead atoms. The Morgan fingerprint density at radius 1 is 1.36 bits per heavy atom. The van der Waals surface area contributed by atoms with Gasteiger partial charge in [-0.1, -0.05) is 44.7 Å². The van der Waals surface area contributed by atoms with Gasteiger partial charge in [-0.2, -0.15) is 0 Å². The van der Waals surface area contributed by atoms with Crippen LogP contribution in [0.3, 0.4) is 0 Å². The van der Waals surface area contributed by atoms with E-state index in [1.165, 1.54) is 5.56 Å². The van der Waals surface area contributed by atoms with Crippen LogP contribution in [0.25, 0.3) is 0 Å². The number of rotatable bonds is 2. The first-order valence-electron chi connectivity index (χ1n) is 3.87. The molecule has 11 heavy (non-hydrogen) atoms. The average Bonchev–Trinajstić information content (AvgIpc) is 2.05. The Labute approximate surface area is 68.6 Å². The summed E-state index contributed by atoms with van der Waals surface area (Å²) < 4.78 is 0. The van der Waals surface area contributed by atoms with E-state index in [0.717, 1.165) is 5.56 Å². The Balaban J connectivity index is 3.00. The first kappa shape index (κ1) is 8.06. The van der Waals surface area contributed by atoms with Crippen LogP contribution < -0.4 is 0 Å². The lowest BCUT2D eigenvalue weighted by molar-refractivity contribution is 0.866. The SMILES string of the molecule is C=[C]c1cccc(C(C)C)c1. The molecule has 0 nitrogen and oxygen atoms in total. The summed E-state index contributed by atoms with van der Waals surface area (Å²) in [7, 11) is 0. The summed E-state index contributed by atoms with van der Waals surface area (Å²) in [5.74, 6) is 0.586. The molecule has 0 aliphatic carbocycles. The minimum atomic E-state index is 0.586. The summed E-state index contributed by atoms with van der Waals surface area (Å²) in [6.45, 7) is 7.97. The minimum Gasteiger partial charge on any atom is -0.0906 e. The lowest BCUT2D eigenvalue weighted by Crippen LogP contribution is -1.86. The van der Waals surface area contributed by atoms with E-state index in [2.05, 4.69) is 38.6 Å². The van der Waals surface area contributed by atoms with E-state index in [9.17, 15) is 0 Å². The second kappa shape index (κ2) is 3.38. The van der Waals surface area contributed by atoms with Gasteiger partial charge in [0.1, 0.15) is 0 Å². The molecule has 0 amide bonds. The van der Waals surface area contributed by atoms with Crippen molar-refractivity contribution in [2.45, 2.75) is 19.8 Å². The standard InChI is InChI=1S/C11H13/c1-4-10-6-5-7-11(8-10)9(2)3/h5-9H,1H2,2-3H3. The van der Waals surface area contributed by atoms with Crippen LogP contribution in [0.2, 0.25) is 0 Å². The van der Waals surface area contributed by atoms with Crippen molar-refractivity contribution >= 4 is 0 Å². The lowest BCUT2D eigenvalue weighted by Gasteiger charge is -2.04. The first-order valence-corrected chi connectivity index (χ1v) is 3.87. The fraction of sp³-hybridized carbons (Fsp3) is 0.273. The second-order valence-electron chi connectivity index (χ2n) is 2.96. The van der Waals surface area contributed by atoms with Gasteiger partial charge in [-0.3, -0.25) is 0 Å². The number of hydrogen-bond acceptors (Lipinski definition) is 0. The average molecular weight is 145 g/mol. The molecular weight excluding hydrogens is 132 g/mol. The van der Waals surface area contributed by atoms with Crippen molar-refractivity contribution in [2.24, 2.45) is 0 Å². The van der Waals surface area contributed by atoms with Crippen molar-refractivity contribution < 1.29 is 0 Å². The lowest BCUT2D eigenvalue weighted by atomic mass is 10.0. The van der Waals surface area contributed by atoms with Crippen LogP contribution in [0.4, 0.5) is 0 Å². The minimum absolute atomic E-state index is 0.586. The van der Waals surface area contributed by atoms with Crippen molar-refractivity contribution in [3.05, 3.63) is 48.0 Å². The van der Waals surface area contributed by atoms with E-state index in [4.69, 9.17) is 0 Å². The zero-order chi connectivity index (χ0) is 8.27. The van der Waals surface area contributed by atoms with Crippen LogP contribution in [0.15, 0.2) is 30.8 Å². The third-order valence-corrected chi connectivity index (χ3v) is 1.76. The predicted molar refractivity (Wildman–Crippen MR) is 48.5 cm³/mol. The Bertz CT molecular complexity index is 246. The highest BCUT2D eigenvalue weighted by atomic mass is 14.0. The number of hydrogen-bond donors (Lipinski definition) is 0. The maximum atomic E-state index is 3.61. The van der Waals surface area contributed by atoms with Gasteiger partial charge in [-0.25, -0.2) is 0 Å². The Morgan fingerprint density at radius 3 is 2.64 bits per heavy atom. The van der Waals surface area contributed by atoms with E-state index in [1.54, 1.807) is 0 Å². The van der Waals surface area contributed by atoms with Gasteiger partial charge in [0.2, 0.25) is 0 Å². The molecule has 0 heterocycles. The van der Waals surface area contributed by atoms with Gasteiger partial charge in [0.15, 0.2) is 0 Å². The van der Waals surface area contributed by atoms with Gasteiger partial charge in [0.05, 0.1) is 0 Å². The molecule has 0 spiro atoms. The van der Waals surface area contributed by atoms with Gasteiger partial charge in [-0.15, -0.1) is 0 Å². The maximum absolute atomic E-state index is 3.61. The smallest absolute Gasteiger partial charge is 0.0181 e. The third kappa shape index (κ3) is 1.94. The van der Waals surface area contributed by atoms with Crippen molar-refractivity contribution in [3.63, 3.8) is 0 Å². The Morgan fingerprint density at radius 2 is 2.09 bits per heavy atom. The van der Waals surface area contributed by atoms with E-state index < -0.39 is 0 Å². The largest absolute Gasteiger partial charge is 0.0906 e.